The minimum absolute atomic E-state index is 0.00773. The van der Waals surface area contributed by atoms with Crippen molar-refractivity contribution in [3.05, 3.63) is 95.3 Å². The third-order valence-corrected chi connectivity index (χ3v) is 7.10. The van der Waals surface area contributed by atoms with Crippen LogP contribution in [0.25, 0.3) is 0 Å². The van der Waals surface area contributed by atoms with E-state index < -0.39 is 6.29 Å². The summed E-state index contributed by atoms with van der Waals surface area (Å²) in [5.74, 6) is 0.422. The Morgan fingerprint density at radius 1 is 1.11 bits per heavy atom. The average molecular weight is 519 g/mol. The van der Waals surface area contributed by atoms with Crippen LogP contribution in [0, 0.1) is 0 Å². The molecule has 3 heterocycles. The third kappa shape index (κ3) is 6.20. The Morgan fingerprint density at radius 3 is 2.57 bits per heavy atom. The molecule has 5 rings (SSSR count). The van der Waals surface area contributed by atoms with Crippen LogP contribution in [0.15, 0.2) is 78.2 Å². The predicted octanol–water partition coefficient (Wildman–Crippen LogP) is 3.69. The lowest BCUT2D eigenvalue weighted by molar-refractivity contribution is -0.245. The lowest BCUT2D eigenvalue weighted by atomic mass is 10.0. The molecule has 2 N–H and O–H groups in total. The van der Waals surface area contributed by atoms with Crippen molar-refractivity contribution in [1.29, 1.82) is 0 Å². The van der Waals surface area contributed by atoms with Gasteiger partial charge in [-0.1, -0.05) is 48.2 Å². The van der Waals surface area contributed by atoms with E-state index in [0.717, 1.165) is 16.7 Å². The molecule has 1 saturated heterocycles. The Hall–Kier alpha value is -3.64. The molecule has 1 aliphatic rings. The largest absolute Gasteiger partial charge is 0.392 e. The van der Waals surface area contributed by atoms with Gasteiger partial charge in [0.15, 0.2) is 6.29 Å². The molecule has 37 heavy (non-hydrogen) atoms. The van der Waals surface area contributed by atoms with Crippen molar-refractivity contribution in [2.75, 3.05) is 11.1 Å². The van der Waals surface area contributed by atoms with Crippen molar-refractivity contribution in [2.24, 2.45) is 7.05 Å². The lowest BCUT2D eigenvalue weighted by Crippen LogP contribution is -2.31. The van der Waals surface area contributed by atoms with Crippen LogP contribution >= 0.6 is 11.8 Å². The van der Waals surface area contributed by atoms with E-state index in [-0.39, 0.29) is 24.7 Å². The average Bonchev–Trinajstić information content (AvgIpc) is 3.37. The number of carbonyl (C=O) groups excluding carboxylic acids is 1. The number of amides is 1. The number of carbonyl (C=O) groups is 1. The number of aryl methyl sites for hydroxylation is 1. The zero-order valence-corrected chi connectivity index (χ0v) is 20.9. The Labute approximate surface area is 218 Å². The van der Waals surface area contributed by atoms with Crippen molar-refractivity contribution in [3.8, 4) is 0 Å². The van der Waals surface area contributed by atoms with Crippen LogP contribution in [0.3, 0.4) is 0 Å². The van der Waals surface area contributed by atoms with Gasteiger partial charge in [0.05, 0.1) is 24.4 Å². The standard InChI is InChI=1S/C26H26N6O4S/c1-32-26(29-30-31-32)37-16-22-13-23(18-6-4-17(15-33)5-7-18)36-25(35-22)19-8-10-21(11-9-19)28-24(34)20-3-2-12-27-14-20/h2-12,14,22-23,25,33H,13,15-16H2,1H3,(H,28,34). The van der Waals surface area contributed by atoms with Crippen molar-refractivity contribution in [1.82, 2.24) is 25.2 Å². The molecule has 4 aromatic rings. The quantitative estimate of drug-likeness (QED) is 0.336. The molecule has 190 valence electrons. The number of hydrogen-bond acceptors (Lipinski definition) is 9. The van der Waals surface area contributed by atoms with E-state index in [4.69, 9.17) is 9.47 Å². The normalized spacial score (nSPS) is 19.5. The number of pyridine rings is 1. The van der Waals surface area contributed by atoms with Crippen LogP contribution < -0.4 is 5.32 Å². The van der Waals surface area contributed by atoms with Gasteiger partial charge in [-0.05, 0) is 45.8 Å². The molecule has 3 unspecified atom stereocenters. The van der Waals surface area contributed by atoms with Gasteiger partial charge >= 0.3 is 0 Å². The zero-order valence-electron chi connectivity index (χ0n) is 20.1. The van der Waals surface area contributed by atoms with Crippen LogP contribution in [0.4, 0.5) is 5.69 Å². The van der Waals surface area contributed by atoms with Crippen molar-refractivity contribution >= 4 is 23.4 Å². The maximum Gasteiger partial charge on any atom is 0.257 e. The first kappa shape index (κ1) is 25.0. The van der Waals surface area contributed by atoms with Gasteiger partial charge in [-0.15, -0.1) is 5.10 Å². The van der Waals surface area contributed by atoms with E-state index in [2.05, 4.69) is 25.8 Å². The van der Waals surface area contributed by atoms with Crippen LogP contribution in [0.1, 0.15) is 45.9 Å². The summed E-state index contributed by atoms with van der Waals surface area (Å²) in [5.41, 5.74) is 3.84. The molecule has 10 nitrogen and oxygen atoms in total. The Kier molecular flexibility index (Phi) is 7.85. The van der Waals surface area contributed by atoms with E-state index >= 15 is 0 Å². The van der Waals surface area contributed by atoms with Crippen molar-refractivity contribution in [3.63, 3.8) is 0 Å². The molecule has 0 saturated carbocycles. The highest BCUT2D eigenvalue weighted by atomic mass is 32.2. The summed E-state index contributed by atoms with van der Waals surface area (Å²) in [6.07, 6.45) is 2.90. The number of anilines is 1. The maximum absolute atomic E-state index is 12.4. The first-order valence-electron chi connectivity index (χ1n) is 11.8. The third-order valence-electron chi connectivity index (χ3n) is 5.96. The first-order valence-corrected chi connectivity index (χ1v) is 12.7. The molecule has 0 spiro atoms. The number of tetrazole rings is 1. The molecule has 0 radical (unpaired) electrons. The molecule has 1 amide bonds. The van der Waals surface area contributed by atoms with Gasteiger partial charge in [0.2, 0.25) is 5.16 Å². The van der Waals surface area contributed by atoms with E-state index in [0.29, 0.717) is 28.6 Å². The fraction of sp³-hybridized carbons (Fsp3) is 0.269. The predicted molar refractivity (Wildman–Crippen MR) is 137 cm³/mol. The van der Waals surface area contributed by atoms with Crippen LogP contribution in [0.2, 0.25) is 0 Å². The Morgan fingerprint density at radius 2 is 1.89 bits per heavy atom. The number of thioether (sulfide) groups is 1. The number of aliphatic hydroxyl groups excluding tert-OH is 1. The number of nitrogens with zero attached hydrogens (tertiary/aromatic N) is 5. The van der Waals surface area contributed by atoms with Gasteiger partial charge < -0.3 is 19.9 Å². The number of ether oxygens (including phenoxy) is 2. The maximum atomic E-state index is 12.4. The molecular formula is C26H26N6O4S. The number of aromatic nitrogens is 5. The fourth-order valence-electron chi connectivity index (χ4n) is 3.96. The molecule has 3 atom stereocenters. The highest BCUT2D eigenvalue weighted by Crippen LogP contribution is 2.39. The SMILES string of the molecule is Cn1nnnc1SCC1CC(c2ccc(CO)cc2)OC(c2ccc(NC(=O)c3cccnc3)cc2)O1. The van der Waals surface area contributed by atoms with Gasteiger partial charge in [0.1, 0.15) is 0 Å². The van der Waals surface area contributed by atoms with Gasteiger partial charge in [0.25, 0.3) is 5.91 Å². The summed E-state index contributed by atoms with van der Waals surface area (Å²) in [7, 11) is 1.80. The van der Waals surface area contributed by atoms with E-state index in [1.165, 1.54) is 18.0 Å². The van der Waals surface area contributed by atoms with Crippen LogP contribution in [-0.2, 0) is 23.1 Å². The molecule has 2 aromatic carbocycles. The smallest absolute Gasteiger partial charge is 0.257 e. The number of aliphatic hydroxyl groups is 1. The minimum atomic E-state index is -0.595. The number of hydrogen-bond donors (Lipinski definition) is 2. The lowest BCUT2D eigenvalue weighted by Gasteiger charge is -2.36. The molecular weight excluding hydrogens is 492 g/mol. The second kappa shape index (κ2) is 11.6. The summed E-state index contributed by atoms with van der Waals surface area (Å²) in [5, 5.41) is 24.6. The first-order chi connectivity index (χ1) is 18.1. The fourth-order valence-corrected chi connectivity index (χ4v) is 4.82. The molecule has 2 aromatic heterocycles. The Bertz CT molecular complexity index is 1320. The van der Waals surface area contributed by atoms with Crippen molar-refractivity contribution in [2.45, 2.75) is 36.7 Å². The van der Waals surface area contributed by atoms with E-state index in [1.807, 2.05) is 48.5 Å². The zero-order chi connectivity index (χ0) is 25.6. The molecule has 11 heteroatoms. The number of rotatable bonds is 8. The molecule has 0 aliphatic carbocycles. The number of benzene rings is 2. The Balaban J connectivity index is 1.31. The van der Waals surface area contributed by atoms with Crippen LogP contribution in [-0.4, -0.2) is 48.1 Å². The van der Waals surface area contributed by atoms with Gasteiger partial charge in [-0.3, -0.25) is 9.78 Å². The minimum Gasteiger partial charge on any atom is -0.392 e. The van der Waals surface area contributed by atoms with Crippen LogP contribution in [0.5, 0.6) is 0 Å². The van der Waals surface area contributed by atoms with Crippen molar-refractivity contribution < 1.29 is 19.4 Å². The molecule has 1 aliphatic heterocycles. The van der Waals surface area contributed by atoms with E-state index in [9.17, 15) is 9.90 Å². The summed E-state index contributed by atoms with van der Waals surface area (Å²) in [6.45, 7) is -0.00773. The van der Waals surface area contributed by atoms with E-state index in [1.54, 1.807) is 30.1 Å². The highest BCUT2D eigenvalue weighted by molar-refractivity contribution is 7.99. The number of nitrogens with one attached hydrogen (secondary N) is 1. The van der Waals surface area contributed by atoms with Gasteiger partial charge in [0, 0.05) is 42.9 Å². The van der Waals surface area contributed by atoms with Gasteiger partial charge in [-0.25, -0.2) is 4.68 Å². The second-order valence-corrected chi connectivity index (χ2v) is 9.55. The molecule has 0 bridgehead atoms. The molecule has 1 fully saturated rings. The highest BCUT2D eigenvalue weighted by Gasteiger charge is 2.32. The summed E-state index contributed by atoms with van der Waals surface area (Å²) >= 11 is 1.53. The summed E-state index contributed by atoms with van der Waals surface area (Å²) < 4.78 is 14.3. The monoisotopic (exact) mass is 518 g/mol. The second-order valence-electron chi connectivity index (χ2n) is 8.56. The summed E-state index contributed by atoms with van der Waals surface area (Å²) in [6, 6.07) is 18.6. The van der Waals surface area contributed by atoms with Gasteiger partial charge in [-0.2, -0.15) is 0 Å². The topological polar surface area (TPSA) is 124 Å². The summed E-state index contributed by atoms with van der Waals surface area (Å²) in [4.78, 5) is 16.4.